The number of carboxylic acids is 1. The standard InChI is InChI=1S/C12H9N3O3S3/c16-10(17)4-7-5-20-12(13-7)21-6-9-14-15-11(18-9)8-2-1-3-19-8/h1-3,5H,4,6H2,(H,16,17). The molecular formula is C12H9N3O3S3. The highest BCUT2D eigenvalue weighted by Gasteiger charge is 2.11. The van der Waals surface area contributed by atoms with E-state index in [1.54, 1.807) is 16.7 Å². The van der Waals surface area contributed by atoms with Gasteiger partial charge in [0.25, 0.3) is 5.89 Å². The zero-order valence-electron chi connectivity index (χ0n) is 10.6. The minimum Gasteiger partial charge on any atom is -0.481 e. The van der Waals surface area contributed by atoms with Crippen LogP contribution >= 0.6 is 34.4 Å². The summed E-state index contributed by atoms with van der Waals surface area (Å²) < 4.78 is 6.36. The molecule has 3 aromatic rings. The predicted molar refractivity (Wildman–Crippen MR) is 80.6 cm³/mol. The average Bonchev–Trinajstić information content (AvgIpc) is 3.17. The van der Waals surface area contributed by atoms with Crippen molar-refractivity contribution in [3.63, 3.8) is 0 Å². The lowest BCUT2D eigenvalue weighted by molar-refractivity contribution is -0.136. The van der Waals surface area contributed by atoms with E-state index < -0.39 is 5.97 Å². The number of aromatic nitrogens is 3. The van der Waals surface area contributed by atoms with Crippen LogP contribution in [0.4, 0.5) is 0 Å². The van der Waals surface area contributed by atoms with E-state index in [1.807, 2.05) is 17.5 Å². The molecule has 0 atom stereocenters. The molecule has 0 spiro atoms. The molecule has 0 fully saturated rings. The Hall–Kier alpha value is -1.71. The van der Waals surface area contributed by atoms with Crippen LogP contribution in [-0.2, 0) is 17.0 Å². The quantitative estimate of drug-likeness (QED) is 0.690. The number of aliphatic carboxylic acids is 1. The van der Waals surface area contributed by atoms with Crippen molar-refractivity contribution in [3.8, 4) is 10.8 Å². The zero-order valence-corrected chi connectivity index (χ0v) is 13.0. The number of thioether (sulfide) groups is 1. The molecule has 0 aliphatic rings. The van der Waals surface area contributed by atoms with Crippen LogP contribution in [0.1, 0.15) is 11.6 Å². The molecule has 1 N–H and O–H groups in total. The second-order valence-corrected chi connectivity index (χ2v) is 6.97. The van der Waals surface area contributed by atoms with Gasteiger partial charge >= 0.3 is 5.97 Å². The first-order valence-corrected chi connectivity index (χ1v) is 8.60. The van der Waals surface area contributed by atoms with Gasteiger partial charge in [0.2, 0.25) is 5.89 Å². The van der Waals surface area contributed by atoms with Gasteiger partial charge in [0.05, 0.1) is 22.7 Å². The molecule has 0 saturated carbocycles. The van der Waals surface area contributed by atoms with Gasteiger partial charge in [0.15, 0.2) is 4.34 Å². The molecule has 0 radical (unpaired) electrons. The molecule has 6 nitrogen and oxygen atoms in total. The fourth-order valence-corrected chi connectivity index (χ4v) is 3.85. The lowest BCUT2D eigenvalue weighted by atomic mass is 10.3. The number of carbonyl (C=O) groups is 1. The molecule has 3 rings (SSSR count). The van der Waals surface area contributed by atoms with Crippen molar-refractivity contribution >= 4 is 40.4 Å². The molecule has 108 valence electrons. The van der Waals surface area contributed by atoms with Crippen LogP contribution in [0.3, 0.4) is 0 Å². The molecule has 0 bridgehead atoms. The summed E-state index contributed by atoms with van der Waals surface area (Å²) in [5, 5.41) is 20.4. The summed E-state index contributed by atoms with van der Waals surface area (Å²) >= 11 is 4.41. The molecule has 0 aliphatic carbocycles. The van der Waals surface area contributed by atoms with Gasteiger partial charge in [-0.3, -0.25) is 4.79 Å². The number of hydrogen-bond donors (Lipinski definition) is 1. The van der Waals surface area contributed by atoms with Crippen molar-refractivity contribution in [1.82, 2.24) is 15.2 Å². The van der Waals surface area contributed by atoms with Crippen LogP contribution in [0.25, 0.3) is 10.8 Å². The second-order valence-electron chi connectivity index (χ2n) is 3.94. The van der Waals surface area contributed by atoms with Gasteiger partial charge in [-0.05, 0) is 11.4 Å². The third-order valence-corrected chi connectivity index (χ3v) is 5.29. The minimum absolute atomic E-state index is 0.0554. The van der Waals surface area contributed by atoms with Gasteiger partial charge in [-0.25, -0.2) is 4.98 Å². The lowest BCUT2D eigenvalue weighted by Crippen LogP contribution is -1.99. The molecule has 0 aromatic carbocycles. The van der Waals surface area contributed by atoms with E-state index in [4.69, 9.17) is 9.52 Å². The lowest BCUT2D eigenvalue weighted by Gasteiger charge is -1.92. The average molecular weight is 339 g/mol. The summed E-state index contributed by atoms with van der Waals surface area (Å²) in [4.78, 5) is 15.8. The molecule has 0 unspecified atom stereocenters. The summed E-state index contributed by atoms with van der Waals surface area (Å²) in [5.74, 6) is 0.678. The molecule has 21 heavy (non-hydrogen) atoms. The number of rotatable bonds is 6. The van der Waals surface area contributed by atoms with Gasteiger partial charge in [0.1, 0.15) is 0 Å². The van der Waals surface area contributed by atoms with Crippen molar-refractivity contribution < 1.29 is 14.3 Å². The Balaban J connectivity index is 1.60. The first-order chi connectivity index (χ1) is 10.2. The Morgan fingerprint density at radius 2 is 2.29 bits per heavy atom. The first kappa shape index (κ1) is 14.2. The maximum absolute atomic E-state index is 10.6. The summed E-state index contributed by atoms with van der Waals surface area (Å²) in [7, 11) is 0. The third-order valence-electron chi connectivity index (χ3n) is 2.38. The second kappa shape index (κ2) is 6.37. The van der Waals surface area contributed by atoms with Crippen molar-refractivity contribution in [1.29, 1.82) is 0 Å². The van der Waals surface area contributed by atoms with E-state index in [9.17, 15) is 4.79 Å². The zero-order chi connectivity index (χ0) is 14.7. The molecule has 0 saturated heterocycles. The van der Waals surface area contributed by atoms with E-state index in [0.29, 0.717) is 23.2 Å². The van der Waals surface area contributed by atoms with E-state index in [0.717, 1.165) is 9.22 Å². The molecule has 0 amide bonds. The van der Waals surface area contributed by atoms with E-state index in [1.165, 1.54) is 23.1 Å². The van der Waals surface area contributed by atoms with E-state index in [2.05, 4.69) is 15.2 Å². The molecular weight excluding hydrogens is 330 g/mol. The van der Waals surface area contributed by atoms with Crippen LogP contribution in [-0.4, -0.2) is 26.3 Å². The fourth-order valence-electron chi connectivity index (χ4n) is 1.53. The minimum atomic E-state index is -0.880. The Labute approximate surface area is 131 Å². The Morgan fingerprint density at radius 3 is 3.05 bits per heavy atom. The van der Waals surface area contributed by atoms with Crippen LogP contribution in [0.2, 0.25) is 0 Å². The van der Waals surface area contributed by atoms with Crippen LogP contribution in [0.15, 0.2) is 31.6 Å². The maximum Gasteiger partial charge on any atom is 0.309 e. The highest BCUT2D eigenvalue weighted by molar-refractivity contribution is 8.00. The van der Waals surface area contributed by atoms with Gasteiger partial charge < -0.3 is 9.52 Å². The van der Waals surface area contributed by atoms with Crippen molar-refractivity contribution in [2.75, 3.05) is 0 Å². The summed E-state index contributed by atoms with van der Waals surface area (Å²) in [5.41, 5.74) is 0.569. The smallest absolute Gasteiger partial charge is 0.309 e. The molecule has 3 aromatic heterocycles. The van der Waals surface area contributed by atoms with Crippen molar-refractivity contribution in [2.45, 2.75) is 16.5 Å². The van der Waals surface area contributed by atoms with Gasteiger partial charge in [-0.2, -0.15) is 0 Å². The van der Waals surface area contributed by atoms with E-state index in [-0.39, 0.29) is 6.42 Å². The Morgan fingerprint density at radius 1 is 1.38 bits per heavy atom. The maximum atomic E-state index is 10.6. The normalized spacial score (nSPS) is 10.9. The third kappa shape index (κ3) is 3.69. The molecule has 3 heterocycles. The highest BCUT2D eigenvalue weighted by Crippen LogP contribution is 2.28. The Kier molecular flexibility index (Phi) is 4.32. The number of carboxylic acid groups (broad SMARTS) is 1. The Bertz CT molecular complexity index is 736. The largest absolute Gasteiger partial charge is 0.481 e. The number of nitrogens with zero attached hydrogens (tertiary/aromatic N) is 3. The number of hydrogen-bond acceptors (Lipinski definition) is 8. The van der Waals surface area contributed by atoms with Gasteiger partial charge in [-0.15, -0.1) is 32.9 Å². The topological polar surface area (TPSA) is 89.1 Å². The van der Waals surface area contributed by atoms with Gasteiger partial charge in [-0.1, -0.05) is 17.8 Å². The predicted octanol–water partition coefficient (Wildman–Crippen LogP) is 3.17. The van der Waals surface area contributed by atoms with Crippen LogP contribution in [0, 0.1) is 0 Å². The van der Waals surface area contributed by atoms with Crippen LogP contribution in [0.5, 0.6) is 0 Å². The summed E-state index contributed by atoms with van der Waals surface area (Å²) in [6.07, 6.45) is -0.0554. The summed E-state index contributed by atoms with van der Waals surface area (Å²) in [6, 6.07) is 3.85. The highest BCUT2D eigenvalue weighted by atomic mass is 32.2. The summed E-state index contributed by atoms with van der Waals surface area (Å²) in [6.45, 7) is 0. The van der Waals surface area contributed by atoms with Crippen molar-refractivity contribution in [3.05, 3.63) is 34.5 Å². The SMILES string of the molecule is O=C(O)Cc1csc(SCc2nnc(-c3cccs3)o2)n1. The monoisotopic (exact) mass is 339 g/mol. The molecule has 9 heteroatoms. The fraction of sp³-hybridized carbons (Fsp3) is 0.167. The molecule has 0 aliphatic heterocycles. The van der Waals surface area contributed by atoms with Gasteiger partial charge in [0, 0.05) is 5.38 Å². The van der Waals surface area contributed by atoms with Crippen LogP contribution < -0.4 is 0 Å². The first-order valence-electron chi connectivity index (χ1n) is 5.86. The van der Waals surface area contributed by atoms with E-state index >= 15 is 0 Å². The van der Waals surface area contributed by atoms with Crippen molar-refractivity contribution in [2.24, 2.45) is 0 Å². The number of thiophene rings is 1. The number of thiazole rings is 1.